The smallest absolute Gasteiger partial charge is 0.347 e. The SMILES string of the molecule is CCOC(=O)c1c(O)c2ccc(OC)c3c2n(c1=O)CCO3. The molecule has 1 N–H and O–H groups in total. The second kappa shape index (κ2) is 5.25. The second-order valence-electron chi connectivity index (χ2n) is 4.74. The van der Waals surface area contributed by atoms with Crippen LogP contribution in [0.1, 0.15) is 17.3 Å². The topological polar surface area (TPSA) is 87.0 Å². The average Bonchev–Trinajstić information content (AvgIpc) is 2.52. The molecule has 1 aromatic carbocycles. The number of nitrogens with zero attached hydrogens (tertiary/aromatic N) is 1. The summed E-state index contributed by atoms with van der Waals surface area (Å²) in [4.78, 5) is 24.5. The molecule has 2 aromatic rings. The van der Waals surface area contributed by atoms with Crippen molar-refractivity contribution in [1.29, 1.82) is 0 Å². The van der Waals surface area contributed by atoms with Crippen molar-refractivity contribution in [3.63, 3.8) is 0 Å². The monoisotopic (exact) mass is 305 g/mol. The lowest BCUT2D eigenvalue weighted by Crippen LogP contribution is -2.32. The predicted octanol–water partition coefficient (Wildman–Crippen LogP) is 1.28. The fourth-order valence-corrected chi connectivity index (χ4v) is 2.62. The molecule has 1 aliphatic heterocycles. The molecule has 0 bridgehead atoms. The molecule has 116 valence electrons. The second-order valence-corrected chi connectivity index (χ2v) is 4.74. The maximum absolute atomic E-state index is 12.5. The Labute approximate surface area is 125 Å². The van der Waals surface area contributed by atoms with E-state index in [1.54, 1.807) is 19.1 Å². The van der Waals surface area contributed by atoms with Crippen LogP contribution in [0.3, 0.4) is 0 Å². The van der Waals surface area contributed by atoms with Crippen LogP contribution in [0.2, 0.25) is 0 Å². The number of pyridine rings is 1. The summed E-state index contributed by atoms with van der Waals surface area (Å²) in [6, 6.07) is 3.20. The number of carbonyl (C=O) groups is 1. The van der Waals surface area contributed by atoms with E-state index in [-0.39, 0.29) is 25.3 Å². The van der Waals surface area contributed by atoms with Crippen LogP contribution in [0.25, 0.3) is 10.9 Å². The lowest BCUT2D eigenvalue weighted by atomic mass is 10.1. The van der Waals surface area contributed by atoms with Crippen molar-refractivity contribution in [2.45, 2.75) is 13.5 Å². The first-order valence-corrected chi connectivity index (χ1v) is 6.86. The first-order valence-electron chi connectivity index (χ1n) is 6.86. The van der Waals surface area contributed by atoms with Gasteiger partial charge in [-0.1, -0.05) is 0 Å². The number of rotatable bonds is 3. The Morgan fingerprint density at radius 1 is 1.45 bits per heavy atom. The van der Waals surface area contributed by atoms with Gasteiger partial charge in [-0.05, 0) is 19.1 Å². The molecule has 0 unspecified atom stereocenters. The molecule has 22 heavy (non-hydrogen) atoms. The number of carbonyl (C=O) groups excluding carboxylic acids is 1. The van der Waals surface area contributed by atoms with Crippen molar-refractivity contribution in [2.75, 3.05) is 20.3 Å². The van der Waals surface area contributed by atoms with Crippen LogP contribution < -0.4 is 15.0 Å². The Morgan fingerprint density at radius 3 is 2.91 bits per heavy atom. The van der Waals surface area contributed by atoms with Gasteiger partial charge in [0, 0.05) is 5.39 Å². The third kappa shape index (κ3) is 1.89. The molecule has 1 aromatic heterocycles. The van der Waals surface area contributed by atoms with E-state index in [0.29, 0.717) is 22.4 Å². The molecule has 0 amide bonds. The predicted molar refractivity (Wildman–Crippen MR) is 77.9 cm³/mol. The third-order valence-corrected chi connectivity index (χ3v) is 3.58. The van der Waals surface area contributed by atoms with Gasteiger partial charge in [0.25, 0.3) is 5.56 Å². The van der Waals surface area contributed by atoms with Gasteiger partial charge < -0.3 is 23.9 Å². The fourth-order valence-electron chi connectivity index (χ4n) is 2.62. The number of aromatic nitrogens is 1. The van der Waals surface area contributed by atoms with Crippen molar-refractivity contribution < 1.29 is 24.1 Å². The van der Waals surface area contributed by atoms with Crippen molar-refractivity contribution in [3.05, 3.63) is 28.0 Å². The van der Waals surface area contributed by atoms with Gasteiger partial charge in [0.15, 0.2) is 17.1 Å². The summed E-state index contributed by atoms with van der Waals surface area (Å²) >= 11 is 0. The maximum atomic E-state index is 12.5. The molecule has 2 heterocycles. The zero-order chi connectivity index (χ0) is 15.9. The molecule has 0 saturated heterocycles. The number of hydrogen-bond donors (Lipinski definition) is 1. The third-order valence-electron chi connectivity index (χ3n) is 3.58. The van der Waals surface area contributed by atoms with E-state index < -0.39 is 17.3 Å². The average molecular weight is 305 g/mol. The van der Waals surface area contributed by atoms with Crippen LogP contribution in [0.5, 0.6) is 17.2 Å². The van der Waals surface area contributed by atoms with Crippen molar-refractivity contribution in [2.24, 2.45) is 0 Å². The van der Waals surface area contributed by atoms with Crippen LogP contribution in [-0.4, -0.2) is 36.0 Å². The van der Waals surface area contributed by atoms with Crippen LogP contribution >= 0.6 is 0 Å². The lowest BCUT2D eigenvalue weighted by Gasteiger charge is -2.23. The van der Waals surface area contributed by atoms with Gasteiger partial charge in [0.1, 0.15) is 17.9 Å². The van der Waals surface area contributed by atoms with E-state index in [4.69, 9.17) is 14.2 Å². The molecule has 0 radical (unpaired) electrons. The Bertz CT molecular complexity index is 823. The number of aromatic hydroxyl groups is 1. The van der Waals surface area contributed by atoms with E-state index in [1.807, 2.05) is 0 Å². The summed E-state index contributed by atoms with van der Waals surface area (Å²) in [5.41, 5.74) is -0.533. The molecule has 7 heteroatoms. The summed E-state index contributed by atoms with van der Waals surface area (Å²) in [6.07, 6.45) is 0. The van der Waals surface area contributed by atoms with Gasteiger partial charge >= 0.3 is 5.97 Å². The minimum absolute atomic E-state index is 0.118. The summed E-state index contributed by atoms with van der Waals surface area (Å²) < 4.78 is 17.0. The molecule has 0 fully saturated rings. The molecule has 1 aliphatic rings. The number of methoxy groups -OCH3 is 1. The van der Waals surface area contributed by atoms with Gasteiger partial charge in [-0.2, -0.15) is 0 Å². The van der Waals surface area contributed by atoms with E-state index in [1.165, 1.54) is 11.7 Å². The van der Waals surface area contributed by atoms with Gasteiger partial charge in [0.05, 0.1) is 20.3 Å². The first kappa shape index (κ1) is 14.2. The molecule has 0 atom stereocenters. The zero-order valence-electron chi connectivity index (χ0n) is 12.2. The fraction of sp³-hybridized carbons (Fsp3) is 0.333. The standard InChI is InChI=1S/C15H15NO6/c1-3-21-15(19)10-12(17)8-4-5-9(20-2)13-11(8)16(14(10)18)6-7-22-13/h4-5,17H,3,6-7H2,1-2H3. The lowest BCUT2D eigenvalue weighted by molar-refractivity contribution is 0.0520. The van der Waals surface area contributed by atoms with Crippen LogP contribution in [0.4, 0.5) is 0 Å². The maximum Gasteiger partial charge on any atom is 0.347 e. The summed E-state index contributed by atoms with van der Waals surface area (Å²) in [6.45, 7) is 2.30. The first-order chi connectivity index (χ1) is 10.6. The Balaban J connectivity index is 2.41. The van der Waals surface area contributed by atoms with Gasteiger partial charge in [-0.3, -0.25) is 4.79 Å². The van der Waals surface area contributed by atoms with E-state index in [9.17, 15) is 14.7 Å². The van der Waals surface area contributed by atoms with Crippen LogP contribution in [0, 0.1) is 0 Å². The summed E-state index contributed by atoms with van der Waals surface area (Å²) in [5, 5.41) is 10.7. The van der Waals surface area contributed by atoms with Crippen molar-refractivity contribution in [1.82, 2.24) is 4.57 Å². The molecule has 0 saturated carbocycles. The van der Waals surface area contributed by atoms with Crippen molar-refractivity contribution in [3.8, 4) is 17.2 Å². The molecule has 3 rings (SSSR count). The van der Waals surface area contributed by atoms with Gasteiger partial charge in [-0.15, -0.1) is 0 Å². The van der Waals surface area contributed by atoms with Crippen molar-refractivity contribution >= 4 is 16.9 Å². The van der Waals surface area contributed by atoms with Crippen LogP contribution in [-0.2, 0) is 11.3 Å². The van der Waals surface area contributed by atoms with E-state index >= 15 is 0 Å². The van der Waals surface area contributed by atoms with Gasteiger partial charge in [-0.25, -0.2) is 4.79 Å². The normalized spacial score (nSPS) is 12.8. The quantitative estimate of drug-likeness (QED) is 0.860. The molecule has 0 aliphatic carbocycles. The number of ether oxygens (including phenoxy) is 3. The minimum atomic E-state index is -0.834. The largest absolute Gasteiger partial charge is 0.506 e. The minimum Gasteiger partial charge on any atom is -0.506 e. The highest BCUT2D eigenvalue weighted by atomic mass is 16.5. The van der Waals surface area contributed by atoms with E-state index in [0.717, 1.165) is 0 Å². The molecule has 7 nitrogen and oxygen atoms in total. The zero-order valence-corrected chi connectivity index (χ0v) is 12.2. The molecular formula is C15H15NO6. The Kier molecular flexibility index (Phi) is 3.40. The van der Waals surface area contributed by atoms with E-state index in [2.05, 4.69) is 0 Å². The Morgan fingerprint density at radius 2 is 2.23 bits per heavy atom. The number of benzene rings is 1. The highest BCUT2D eigenvalue weighted by Crippen LogP contribution is 2.40. The highest BCUT2D eigenvalue weighted by molar-refractivity contribution is 6.01. The molecule has 0 spiro atoms. The Hall–Kier alpha value is -2.70. The molecular weight excluding hydrogens is 290 g/mol. The van der Waals surface area contributed by atoms with Gasteiger partial charge in [0.2, 0.25) is 0 Å². The number of hydrogen-bond acceptors (Lipinski definition) is 6. The van der Waals surface area contributed by atoms with Crippen LogP contribution in [0.15, 0.2) is 16.9 Å². The summed E-state index contributed by atoms with van der Waals surface area (Å²) in [7, 11) is 1.49. The highest BCUT2D eigenvalue weighted by Gasteiger charge is 2.28. The number of esters is 1. The summed E-state index contributed by atoms with van der Waals surface area (Å²) in [5.74, 6) is -0.388.